The van der Waals surface area contributed by atoms with Crippen molar-refractivity contribution in [2.45, 2.75) is 56.9 Å². The fraction of sp³-hybridized carbons (Fsp3) is 0.417. The van der Waals surface area contributed by atoms with Gasteiger partial charge in [0.25, 0.3) is 0 Å². The Bertz CT molecular complexity index is 2130. The molecule has 0 saturated carbocycles. The molecule has 7 heterocycles. The van der Waals surface area contributed by atoms with E-state index in [4.69, 9.17) is 33.6 Å². The van der Waals surface area contributed by atoms with E-state index in [2.05, 4.69) is 28.8 Å². The number of morpholine rings is 1. The van der Waals surface area contributed by atoms with E-state index >= 15 is 0 Å². The molecule has 3 aliphatic rings. The monoisotopic (exact) mass is 663 g/mol. The summed E-state index contributed by atoms with van der Waals surface area (Å²) in [5.74, 6) is 6.92. The molecule has 13 nitrogen and oxygen atoms in total. The third-order valence-corrected chi connectivity index (χ3v) is 9.77. The third kappa shape index (κ3) is 5.41. The van der Waals surface area contributed by atoms with Gasteiger partial charge in [-0.2, -0.15) is 5.10 Å². The Morgan fingerprint density at radius 2 is 1.98 bits per heavy atom. The van der Waals surface area contributed by atoms with Gasteiger partial charge in [0.2, 0.25) is 5.88 Å². The number of anilines is 2. The number of aromatic nitrogens is 5. The van der Waals surface area contributed by atoms with Crippen LogP contribution >= 0.6 is 0 Å². The average Bonchev–Trinajstić information content (AvgIpc) is 3.80. The summed E-state index contributed by atoms with van der Waals surface area (Å²) in [4.78, 5) is 31.3. The molecular weight excluding hydrogens is 626 g/mol. The first-order valence-electron chi connectivity index (χ1n) is 16.5. The van der Waals surface area contributed by atoms with Crippen LogP contribution in [0.4, 0.5) is 11.5 Å². The summed E-state index contributed by atoms with van der Waals surface area (Å²) < 4.78 is 26.4. The Kier molecular flexibility index (Phi) is 7.65. The van der Waals surface area contributed by atoms with Crippen LogP contribution in [0.5, 0.6) is 5.88 Å². The second kappa shape index (κ2) is 12.0. The second-order valence-electron chi connectivity index (χ2n) is 13.2. The molecule has 1 aromatic carbocycles. The zero-order valence-electron chi connectivity index (χ0n) is 27.8. The molecule has 4 aromatic heterocycles. The molecule has 3 atom stereocenters. The fourth-order valence-corrected chi connectivity index (χ4v) is 6.90. The van der Waals surface area contributed by atoms with Crippen LogP contribution in [0.1, 0.15) is 50.2 Å². The number of ether oxygens (including phenoxy) is 3. The number of carboxylic acid groups (broad SMARTS) is 1. The normalized spacial score (nSPS) is 21.7. The van der Waals surface area contributed by atoms with Gasteiger partial charge in [-0.3, -0.25) is 4.68 Å². The molecule has 8 rings (SSSR count). The van der Waals surface area contributed by atoms with Crippen LogP contribution in [0.25, 0.3) is 22.1 Å². The maximum atomic E-state index is 12.8. The average molecular weight is 664 g/mol. The molecule has 0 radical (unpaired) electrons. The van der Waals surface area contributed by atoms with Gasteiger partial charge in [0.1, 0.15) is 46.1 Å². The summed E-state index contributed by atoms with van der Waals surface area (Å²) in [6, 6.07) is 10.6. The highest BCUT2D eigenvalue weighted by atomic mass is 16.6. The lowest BCUT2D eigenvalue weighted by Gasteiger charge is -2.53. The van der Waals surface area contributed by atoms with E-state index in [1.807, 2.05) is 57.3 Å². The minimum absolute atomic E-state index is 0.0147. The second-order valence-corrected chi connectivity index (χ2v) is 13.2. The topological polar surface area (TPSA) is 141 Å². The van der Waals surface area contributed by atoms with Crippen molar-refractivity contribution in [3.8, 4) is 17.7 Å². The lowest BCUT2D eigenvalue weighted by Crippen LogP contribution is -2.68. The maximum absolute atomic E-state index is 12.8. The number of para-hydroxylation sites is 1. The fourth-order valence-electron chi connectivity index (χ4n) is 6.90. The van der Waals surface area contributed by atoms with E-state index in [9.17, 15) is 9.90 Å². The number of benzene rings is 1. The van der Waals surface area contributed by atoms with Crippen molar-refractivity contribution in [2.24, 2.45) is 7.05 Å². The van der Waals surface area contributed by atoms with Crippen LogP contribution in [-0.4, -0.2) is 92.5 Å². The van der Waals surface area contributed by atoms with Crippen molar-refractivity contribution in [1.82, 2.24) is 24.7 Å². The minimum atomic E-state index is -0.970. The van der Waals surface area contributed by atoms with Crippen LogP contribution < -0.4 is 14.5 Å². The van der Waals surface area contributed by atoms with Crippen molar-refractivity contribution in [1.29, 1.82) is 0 Å². The van der Waals surface area contributed by atoms with Crippen molar-refractivity contribution >= 4 is 39.5 Å². The number of fused-ring (bicyclic) bond motifs is 3. The molecule has 0 amide bonds. The summed E-state index contributed by atoms with van der Waals surface area (Å²) in [6.07, 6.45) is 3.11. The molecule has 0 aliphatic carbocycles. The molecule has 5 aromatic rings. The van der Waals surface area contributed by atoms with E-state index in [0.29, 0.717) is 66.1 Å². The SMILES string of the molecule is CC(C)c1nc(N2C[C@@H](Oc3ncc(C#Cc4ccnn4C)cc3N3CCOC4(COC4)[C@@H]3C)C[C@H]2C(=O)O)c2oc3ccccc3c2n1. The molecule has 3 fully saturated rings. The zero-order chi connectivity index (χ0) is 33.9. The van der Waals surface area contributed by atoms with E-state index in [-0.39, 0.29) is 24.9 Å². The minimum Gasteiger partial charge on any atom is -0.480 e. The van der Waals surface area contributed by atoms with Crippen LogP contribution in [-0.2, 0) is 21.3 Å². The number of furan rings is 1. The quantitative estimate of drug-likeness (QED) is 0.261. The Hall–Kier alpha value is -5.19. The number of rotatable bonds is 6. The van der Waals surface area contributed by atoms with Gasteiger partial charge in [-0.05, 0) is 37.1 Å². The Labute approximate surface area is 282 Å². The van der Waals surface area contributed by atoms with Crippen LogP contribution in [0, 0.1) is 11.8 Å². The van der Waals surface area contributed by atoms with Crippen molar-refractivity contribution in [3.05, 3.63) is 65.9 Å². The number of carboxylic acids is 1. The van der Waals surface area contributed by atoms with Gasteiger partial charge in [-0.15, -0.1) is 0 Å². The first-order chi connectivity index (χ1) is 23.7. The number of hydrogen-bond acceptors (Lipinski definition) is 11. The molecular formula is C36H37N7O6. The summed E-state index contributed by atoms with van der Waals surface area (Å²) in [7, 11) is 1.85. The predicted octanol–water partition coefficient (Wildman–Crippen LogP) is 4.13. The van der Waals surface area contributed by atoms with Gasteiger partial charge in [-0.25, -0.2) is 19.7 Å². The van der Waals surface area contributed by atoms with Gasteiger partial charge < -0.3 is 33.5 Å². The van der Waals surface area contributed by atoms with Crippen molar-refractivity contribution in [3.63, 3.8) is 0 Å². The Morgan fingerprint density at radius 3 is 2.71 bits per heavy atom. The molecule has 13 heteroatoms. The van der Waals surface area contributed by atoms with Crippen LogP contribution in [0.3, 0.4) is 0 Å². The summed E-state index contributed by atoms with van der Waals surface area (Å²) >= 11 is 0. The van der Waals surface area contributed by atoms with E-state index in [1.54, 1.807) is 22.0 Å². The molecule has 0 unspecified atom stereocenters. The number of aryl methyl sites for hydroxylation is 1. The first-order valence-corrected chi connectivity index (χ1v) is 16.5. The first kappa shape index (κ1) is 31.1. The van der Waals surface area contributed by atoms with E-state index in [1.165, 1.54) is 0 Å². The van der Waals surface area contributed by atoms with Gasteiger partial charge in [0.05, 0.1) is 38.6 Å². The predicted molar refractivity (Wildman–Crippen MR) is 181 cm³/mol. The van der Waals surface area contributed by atoms with Gasteiger partial charge in [-0.1, -0.05) is 31.9 Å². The molecule has 3 saturated heterocycles. The summed E-state index contributed by atoms with van der Waals surface area (Å²) in [5.41, 5.74) is 3.65. The van der Waals surface area contributed by atoms with E-state index < -0.39 is 23.7 Å². The van der Waals surface area contributed by atoms with Crippen LogP contribution in [0.15, 0.2) is 53.2 Å². The Morgan fingerprint density at radius 1 is 1.14 bits per heavy atom. The van der Waals surface area contributed by atoms with E-state index in [0.717, 1.165) is 16.8 Å². The van der Waals surface area contributed by atoms with Gasteiger partial charge in [0, 0.05) is 43.1 Å². The third-order valence-electron chi connectivity index (χ3n) is 9.77. The molecule has 0 bridgehead atoms. The maximum Gasteiger partial charge on any atom is 0.326 e. The van der Waals surface area contributed by atoms with Gasteiger partial charge >= 0.3 is 5.97 Å². The summed E-state index contributed by atoms with van der Waals surface area (Å²) in [5, 5.41) is 15.5. The van der Waals surface area contributed by atoms with Gasteiger partial charge in [0.15, 0.2) is 11.4 Å². The lowest BCUT2D eigenvalue weighted by atomic mass is 9.90. The summed E-state index contributed by atoms with van der Waals surface area (Å²) in [6.45, 7) is 8.59. The molecule has 252 valence electrons. The highest BCUT2D eigenvalue weighted by Crippen LogP contribution is 2.41. The number of aliphatic carboxylic acids is 1. The number of nitrogens with zero attached hydrogens (tertiary/aromatic N) is 7. The molecule has 1 N–H and O–H groups in total. The number of hydrogen-bond donors (Lipinski definition) is 1. The number of carbonyl (C=O) groups is 1. The molecule has 1 spiro atoms. The lowest BCUT2D eigenvalue weighted by molar-refractivity contribution is -0.228. The van der Waals surface area contributed by atoms with Crippen LogP contribution in [0.2, 0.25) is 0 Å². The highest BCUT2D eigenvalue weighted by Gasteiger charge is 2.50. The zero-order valence-corrected chi connectivity index (χ0v) is 27.8. The molecule has 3 aliphatic heterocycles. The standard InChI is InChI=1S/C36H37N7O6/c1-21(2)32-39-30-26-7-5-6-8-29(26)49-31(30)33(40-32)43-18-25(16-28(43)35(44)45)48-34-27(42-13-14-47-36(22(42)3)19-46-20-36)15-23(17-37-34)9-10-24-11-12-38-41(24)4/h5-8,11-12,15,17,21-22,25,28H,13-14,16,18-20H2,1-4H3,(H,44,45)/t22-,25-,28-/m0/s1. The Balaban J connectivity index is 1.16. The number of pyridine rings is 1. The highest BCUT2D eigenvalue weighted by molar-refractivity contribution is 6.06. The largest absolute Gasteiger partial charge is 0.480 e. The van der Waals surface area contributed by atoms with Crippen molar-refractivity contribution in [2.75, 3.05) is 42.7 Å². The molecule has 49 heavy (non-hydrogen) atoms. The van der Waals surface area contributed by atoms with Crippen molar-refractivity contribution < 1.29 is 28.5 Å². The smallest absolute Gasteiger partial charge is 0.326 e.